The molecule has 0 bridgehead atoms. The van der Waals surface area contributed by atoms with Crippen molar-refractivity contribution in [3.8, 4) is 23.0 Å². The van der Waals surface area contributed by atoms with Gasteiger partial charge in [-0.3, -0.25) is 0 Å². The fourth-order valence-electron chi connectivity index (χ4n) is 2.97. The molecular formula is C21H29BrCl2N2O4. The van der Waals surface area contributed by atoms with Gasteiger partial charge in [0.25, 0.3) is 0 Å². The van der Waals surface area contributed by atoms with Crippen molar-refractivity contribution >= 4 is 40.7 Å². The van der Waals surface area contributed by atoms with Crippen LogP contribution in [0.25, 0.3) is 0 Å². The number of hydrogen-bond acceptors (Lipinski definition) is 6. The Morgan fingerprint density at radius 3 is 2.50 bits per heavy atom. The summed E-state index contributed by atoms with van der Waals surface area (Å²) in [6.07, 6.45) is 1.09. The molecule has 2 N–H and O–H groups in total. The fourth-order valence-corrected chi connectivity index (χ4v) is 3.58. The second-order valence-corrected chi connectivity index (χ2v) is 7.36. The summed E-state index contributed by atoms with van der Waals surface area (Å²) in [5, 5.41) is 6.58. The van der Waals surface area contributed by atoms with Crippen LogP contribution in [0, 0.1) is 0 Å². The summed E-state index contributed by atoms with van der Waals surface area (Å²) in [5.41, 5.74) is 2.15. The molecule has 2 aromatic carbocycles. The average Bonchev–Trinajstić information content (AvgIpc) is 2.72. The molecule has 1 aliphatic heterocycles. The number of hydrogen-bond donors (Lipinski definition) is 2. The predicted molar refractivity (Wildman–Crippen MR) is 127 cm³/mol. The number of halogens is 3. The lowest BCUT2D eigenvalue weighted by molar-refractivity contribution is 0.171. The molecule has 2 aromatic rings. The highest BCUT2D eigenvalue weighted by molar-refractivity contribution is 9.10. The molecule has 1 aliphatic rings. The molecule has 6 nitrogen and oxygen atoms in total. The summed E-state index contributed by atoms with van der Waals surface area (Å²) in [7, 11) is 3.62. The van der Waals surface area contributed by atoms with E-state index in [4.69, 9.17) is 18.9 Å². The van der Waals surface area contributed by atoms with Gasteiger partial charge in [-0.25, -0.2) is 0 Å². The number of methoxy groups -OCH3 is 1. The number of rotatable bonds is 10. The number of ether oxygens (including phenoxy) is 4. The summed E-state index contributed by atoms with van der Waals surface area (Å²) in [6.45, 7) is 4.31. The third-order valence-electron chi connectivity index (χ3n) is 4.39. The lowest BCUT2D eigenvalue weighted by Gasteiger charge is -2.19. The maximum atomic E-state index is 6.05. The van der Waals surface area contributed by atoms with Crippen LogP contribution in [0.2, 0.25) is 0 Å². The van der Waals surface area contributed by atoms with Crippen molar-refractivity contribution in [2.45, 2.75) is 19.6 Å². The highest BCUT2D eigenvalue weighted by Gasteiger charge is 2.14. The molecular weight excluding hydrogens is 495 g/mol. The minimum absolute atomic E-state index is 0. The largest absolute Gasteiger partial charge is 0.493 e. The molecule has 0 atom stereocenters. The monoisotopic (exact) mass is 522 g/mol. The Kier molecular flexibility index (Phi) is 12.3. The van der Waals surface area contributed by atoms with Crippen LogP contribution in [0.1, 0.15) is 17.5 Å². The SMILES string of the molecule is CNCCCNCc1cc(Br)c(OCc2ccc3c(c2)OCCO3)c(OC)c1.Cl.Cl. The normalized spacial score (nSPS) is 11.8. The average molecular weight is 524 g/mol. The lowest BCUT2D eigenvalue weighted by atomic mass is 10.2. The first kappa shape index (κ1) is 26.7. The summed E-state index contributed by atoms with van der Waals surface area (Å²) >= 11 is 3.62. The van der Waals surface area contributed by atoms with E-state index < -0.39 is 0 Å². The molecule has 1 heterocycles. The first-order chi connectivity index (χ1) is 13.7. The topological polar surface area (TPSA) is 61.0 Å². The third-order valence-corrected chi connectivity index (χ3v) is 4.98. The molecule has 0 fully saturated rings. The van der Waals surface area contributed by atoms with Gasteiger partial charge in [-0.15, -0.1) is 24.8 Å². The summed E-state index contributed by atoms with van der Waals surface area (Å²) in [4.78, 5) is 0. The van der Waals surface area contributed by atoms with Crippen molar-refractivity contribution in [1.29, 1.82) is 0 Å². The van der Waals surface area contributed by atoms with Crippen LogP contribution in [-0.2, 0) is 13.2 Å². The van der Waals surface area contributed by atoms with Crippen molar-refractivity contribution in [1.82, 2.24) is 10.6 Å². The zero-order valence-corrected chi connectivity index (χ0v) is 20.4. The number of nitrogens with one attached hydrogen (secondary N) is 2. The van der Waals surface area contributed by atoms with E-state index in [1.807, 2.05) is 31.3 Å². The van der Waals surface area contributed by atoms with Gasteiger partial charge >= 0.3 is 0 Å². The van der Waals surface area contributed by atoms with Gasteiger partial charge in [0.2, 0.25) is 0 Å². The second-order valence-electron chi connectivity index (χ2n) is 6.51. The summed E-state index contributed by atoms with van der Waals surface area (Å²) in [5.74, 6) is 2.94. The van der Waals surface area contributed by atoms with Crippen LogP contribution in [0.15, 0.2) is 34.8 Å². The highest BCUT2D eigenvalue weighted by Crippen LogP contribution is 2.38. The molecule has 0 saturated carbocycles. The quantitative estimate of drug-likeness (QED) is 0.451. The van der Waals surface area contributed by atoms with E-state index in [0.717, 1.165) is 53.2 Å². The van der Waals surface area contributed by atoms with Crippen molar-refractivity contribution in [3.05, 3.63) is 45.9 Å². The van der Waals surface area contributed by atoms with Crippen molar-refractivity contribution < 1.29 is 18.9 Å². The highest BCUT2D eigenvalue weighted by atomic mass is 79.9. The van der Waals surface area contributed by atoms with E-state index in [1.165, 1.54) is 0 Å². The minimum atomic E-state index is 0. The zero-order chi connectivity index (χ0) is 19.8. The van der Waals surface area contributed by atoms with Gasteiger partial charge < -0.3 is 29.6 Å². The van der Waals surface area contributed by atoms with Gasteiger partial charge in [0.05, 0.1) is 11.6 Å². The van der Waals surface area contributed by atoms with Crippen molar-refractivity contribution in [2.24, 2.45) is 0 Å². The van der Waals surface area contributed by atoms with Crippen LogP contribution in [0.5, 0.6) is 23.0 Å². The molecule has 9 heteroatoms. The Morgan fingerprint density at radius 2 is 1.77 bits per heavy atom. The first-order valence-corrected chi connectivity index (χ1v) is 10.2. The van der Waals surface area contributed by atoms with Crippen LogP contribution >= 0.6 is 40.7 Å². The van der Waals surface area contributed by atoms with E-state index in [9.17, 15) is 0 Å². The second kappa shape index (κ2) is 13.8. The van der Waals surface area contributed by atoms with Crippen molar-refractivity contribution in [2.75, 3.05) is 40.5 Å². The molecule has 0 radical (unpaired) electrons. The molecule has 168 valence electrons. The number of benzene rings is 2. The number of fused-ring (bicyclic) bond motifs is 1. The Labute approximate surface area is 198 Å². The van der Waals surface area contributed by atoms with Gasteiger partial charge in [-0.05, 0) is 77.9 Å². The third kappa shape index (κ3) is 7.39. The fraction of sp³-hybridized carbons (Fsp3) is 0.429. The molecule has 0 spiro atoms. The Hall–Kier alpha value is -1.38. The van der Waals surface area contributed by atoms with E-state index in [0.29, 0.717) is 31.3 Å². The summed E-state index contributed by atoms with van der Waals surface area (Å²) in [6, 6.07) is 9.93. The van der Waals surface area contributed by atoms with Gasteiger partial charge in [0.15, 0.2) is 23.0 Å². The molecule has 0 unspecified atom stereocenters. The van der Waals surface area contributed by atoms with E-state index in [-0.39, 0.29) is 24.8 Å². The van der Waals surface area contributed by atoms with Gasteiger partial charge in [0, 0.05) is 6.54 Å². The van der Waals surface area contributed by atoms with Gasteiger partial charge in [-0.1, -0.05) is 6.07 Å². The van der Waals surface area contributed by atoms with E-state index in [1.54, 1.807) is 7.11 Å². The van der Waals surface area contributed by atoms with E-state index >= 15 is 0 Å². The Bertz CT molecular complexity index is 796. The van der Waals surface area contributed by atoms with Gasteiger partial charge in [-0.2, -0.15) is 0 Å². The standard InChI is InChI=1S/C21H27BrN2O4.2ClH/c1-23-6-3-7-24-13-16-10-17(22)21(20(12-16)25-2)28-14-15-4-5-18-19(11-15)27-9-8-26-18;;/h4-5,10-12,23-24H,3,6-9,13-14H2,1-2H3;2*1H. The van der Waals surface area contributed by atoms with Crippen LogP contribution in [-0.4, -0.2) is 40.5 Å². The smallest absolute Gasteiger partial charge is 0.175 e. The molecule has 0 saturated heterocycles. The van der Waals surface area contributed by atoms with Crippen LogP contribution in [0.4, 0.5) is 0 Å². The molecule has 0 aromatic heterocycles. The van der Waals surface area contributed by atoms with Crippen LogP contribution in [0.3, 0.4) is 0 Å². The Balaban J connectivity index is 0.00000225. The Morgan fingerprint density at radius 1 is 1.00 bits per heavy atom. The maximum absolute atomic E-state index is 6.05. The first-order valence-electron chi connectivity index (χ1n) is 9.44. The summed E-state index contributed by atoms with van der Waals surface area (Å²) < 4.78 is 23.7. The maximum Gasteiger partial charge on any atom is 0.175 e. The zero-order valence-electron chi connectivity index (χ0n) is 17.2. The van der Waals surface area contributed by atoms with E-state index in [2.05, 4.69) is 32.6 Å². The van der Waals surface area contributed by atoms with Gasteiger partial charge in [0.1, 0.15) is 19.8 Å². The molecule has 0 aliphatic carbocycles. The molecule has 3 rings (SSSR count). The predicted octanol–water partition coefficient (Wildman–Crippen LogP) is 4.35. The molecule has 30 heavy (non-hydrogen) atoms. The molecule has 0 amide bonds. The van der Waals surface area contributed by atoms with Crippen molar-refractivity contribution in [3.63, 3.8) is 0 Å². The lowest BCUT2D eigenvalue weighted by Crippen LogP contribution is -2.19. The van der Waals surface area contributed by atoms with Crippen LogP contribution < -0.4 is 29.6 Å². The minimum Gasteiger partial charge on any atom is -0.493 e.